The lowest BCUT2D eigenvalue weighted by atomic mass is 10.1. The third-order valence-corrected chi connectivity index (χ3v) is 6.08. The Balaban J connectivity index is 1.44. The predicted octanol–water partition coefficient (Wildman–Crippen LogP) is 3.90. The average Bonchev–Trinajstić information content (AvgIpc) is 3.25. The van der Waals surface area contributed by atoms with Gasteiger partial charge in [0.15, 0.2) is 5.13 Å². The first kappa shape index (κ1) is 22.3. The van der Waals surface area contributed by atoms with Crippen molar-refractivity contribution >= 4 is 44.9 Å². The summed E-state index contributed by atoms with van der Waals surface area (Å²) in [7, 11) is 0. The Hall–Kier alpha value is -3.85. The van der Waals surface area contributed by atoms with E-state index in [1.54, 1.807) is 29.6 Å². The Morgan fingerprint density at radius 1 is 1.12 bits per heavy atom. The van der Waals surface area contributed by atoms with E-state index in [0.29, 0.717) is 21.7 Å². The zero-order valence-corrected chi connectivity index (χ0v) is 19.3. The third-order valence-electron chi connectivity index (χ3n) is 5.21. The number of benzene rings is 2. The Morgan fingerprint density at radius 3 is 2.67 bits per heavy atom. The molecule has 2 heterocycles. The first-order valence-electron chi connectivity index (χ1n) is 10.3. The van der Waals surface area contributed by atoms with Crippen LogP contribution in [0.3, 0.4) is 0 Å². The van der Waals surface area contributed by atoms with E-state index in [2.05, 4.69) is 9.97 Å². The minimum Gasteiger partial charge on any atom is -0.458 e. The van der Waals surface area contributed by atoms with E-state index in [0.717, 1.165) is 16.8 Å². The first-order valence-corrected chi connectivity index (χ1v) is 11.1. The molecule has 1 amide bonds. The van der Waals surface area contributed by atoms with Crippen molar-refractivity contribution in [3.63, 3.8) is 0 Å². The maximum atomic E-state index is 12.5. The fourth-order valence-corrected chi connectivity index (χ4v) is 4.19. The number of hydrogen-bond donors (Lipinski definition) is 0. The number of amides is 1. The van der Waals surface area contributed by atoms with Crippen LogP contribution in [0.15, 0.2) is 59.0 Å². The average molecular weight is 463 g/mol. The molecular weight excluding hydrogens is 440 g/mol. The molecule has 0 aliphatic rings. The van der Waals surface area contributed by atoms with Crippen molar-refractivity contribution in [1.82, 2.24) is 14.5 Å². The number of esters is 1. The van der Waals surface area contributed by atoms with Crippen LogP contribution in [0, 0.1) is 13.8 Å². The van der Waals surface area contributed by atoms with Crippen molar-refractivity contribution in [2.45, 2.75) is 33.9 Å². The summed E-state index contributed by atoms with van der Waals surface area (Å²) in [6.45, 7) is 5.15. The molecule has 0 atom stereocenters. The molecule has 0 bridgehead atoms. The highest BCUT2D eigenvalue weighted by atomic mass is 32.1. The molecule has 0 aliphatic carbocycles. The molecule has 0 radical (unpaired) electrons. The van der Waals surface area contributed by atoms with Gasteiger partial charge in [-0.15, -0.1) is 11.3 Å². The summed E-state index contributed by atoms with van der Waals surface area (Å²) in [6.07, 6.45) is 1.33. The highest BCUT2D eigenvalue weighted by Crippen LogP contribution is 2.30. The normalized spacial score (nSPS) is 10.9. The van der Waals surface area contributed by atoms with Gasteiger partial charge < -0.3 is 4.74 Å². The smallest absolute Gasteiger partial charge is 0.326 e. The van der Waals surface area contributed by atoms with Gasteiger partial charge in [-0.3, -0.25) is 23.9 Å². The first-order chi connectivity index (χ1) is 15.8. The summed E-state index contributed by atoms with van der Waals surface area (Å²) in [6, 6.07) is 12.7. The summed E-state index contributed by atoms with van der Waals surface area (Å²) in [5.41, 5.74) is 3.71. The number of carbonyl (C=O) groups is 2. The Labute approximate surface area is 194 Å². The molecule has 2 aromatic carbocycles. The molecular formula is C24H22N4O4S. The third kappa shape index (κ3) is 4.83. The topological polar surface area (TPSA) is 94.4 Å². The number of fused-ring (bicyclic) bond motifs is 1. The van der Waals surface area contributed by atoms with Gasteiger partial charge in [0, 0.05) is 12.3 Å². The number of anilines is 2. The van der Waals surface area contributed by atoms with Gasteiger partial charge >= 0.3 is 5.97 Å². The van der Waals surface area contributed by atoms with E-state index >= 15 is 0 Å². The number of para-hydroxylation sites is 1. The van der Waals surface area contributed by atoms with Crippen molar-refractivity contribution in [2.24, 2.45) is 0 Å². The number of ether oxygens (including phenoxy) is 1. The molecule has 4 rings (SSSR count). The van der Waals surface area contributed by atoms with E-state index in [-0.39, 0.29) is 24.6 Å². The zero-order chi connectivity index (χ0) is 23.5. The molecule has 168 valence electrons. The van der Waals surface area contributed by atoms with Gasteiger partial charge in [0.25, 0.3) is 5.56 Å². The molecule has 0 fully saturated rings. The Kier molecular flexibility index (Phi) is 6.32. The van der Waals surface area contributed by atoms with Crippen LogP contribution in [0.4, 0.5) is 10.8 Å². The lowest BCUT2D eigenvalue weighted by Gasteiger charge is -2.19. The van der Waals surface area contributed by atoms with Crippen LogP contribution in [0.5, 0.6) is 0 Å². The van der Waals surface area contributed by atoms with Gasteiger partial charge in [0.2, 0.25) is 5.91 Å². The van der Waals surface area contributed by atoms with Crippen molar-refractivity contribution in [1.29, 1.82) is 0 Å². The largest absolute Gasteiger partial charge is 0.458 e. The molecule has 0 N–H and O–H groups in total. The fraction of sp³-hybridized carbons (Fsp3) is 0.208. The predicted molar refractivity (Wildman–Crippen MR) is 127 cm³/mol. The number of rotatable bonds is 6. The van der Waals surface area contributed by atoms with Crippen LogP contribution >= 0.6 is 11.3 Å². The van der Waals surface area contributed by atoms with Gasteiger partial charge in [-0.1, -0.05) is 18.2 Å². The number of hydrogen-bond acceptors (Lipinski definition) is 7. The van der Waals surface area contributed by atoms with Crippen molar-refractivity contribution in [3.8, 4) is 0 Å². The summed E-state index contributed by atoms with van der Waals surface area (Å²) in [5, 5.41) is 2.67. The van der Waals surface area contributed by atoms with Crippen molar-refractivity contribution in [3.05, 3.63) is 81.3 Å². The number of nitrogens with zero attached hydrogens (tertiary/aromatic N) is 4. The van der Waals surface area contributed by atoms with E-state index in [1.165, 1.54) is 34.1 Å². The summed E-state index contributed by atoms with van der Waals surface area (Å²) < 4.78 is 6.52. The van der Waals surface area contributed by atoms with Gasteiger partial charge in [0.05, 0.1) is 28.6 Å². The molecule has 0 unspecified atom stereocenters. The molecule has 4 aromatic rings. The number of aromatic nitrogens is 3. The molecule has 2 aromatic heterocycles. The quantitative estimate of drug-likeness (QED) is 0.404. The molecule has 8 nitrogen and oxygen atoms in total. The molecule has 0 saturated carbocycles. The van der Waals surface area contributed by atoms with Crippen LogP contribution < -0.4 is 10.5 Å². The van der Waals surface area contributed by atoms with Crippen LogP contribution in [0.1, 0.15) is 23.7 Å². The standard InChI is InChI=1S/C24H22N4O4S/c1-15-8-9-19(10-16(15)2)28(17(3)29)24-26-18(13-33-24)12-32-22(30)11-27-14-25-21-7-5-4-6-20(21)23(27)31/h4-10,13-14H,11-12H2,1-3H3. The van der Waals surface area contributed by atoms with Crippen LogP contribution in [-0.4, -0.2) is 26.4 Å². The monoisotopic (exact) mass is 462 g/mol. The van der Waals surface area contributed by atoms with Crippen molar-refractivity contribution in [2.75, 3.05) is 4.90 Å². The second-order valence-corrected chi connectivity index (χ2v) is 8.44. The highest BCUT2D eigenvalue weighted by Gasteiger charge is 2.19. The lowest BCUT2D eigenvalue weighted by Crippen LogP contribution is -2.25. The molecule has 0 spiro atoms. The minimum absolute atomic E-state index is 0.0657. The summed E-state index contributed by atoms with van der Waals surface area (Å²) >= 11 is 1.29. The Morgan fingerprint density at radius 2 is 1.91 bits per heavy atom. The number of carbonyl (C=O) groups excluding carboxylic acids is 2. The second-order valence-electron chi connectivity index (χ2n) is 7.60. The maximum Gasteiger partial charge on any atom is 0.326 e. The van der Waals surface area contributed by atoms with E-state index in [4.69, 9.17) is 4.74 Å². The molecule has 0 saturated heterocycles. The Bertz CT molecular complexity index is 1410. The van der Waals surface area contributed by atoms with Gasteiger partial charge in [0.1, 0.15) is 13.2 Å². The number of thiazole rings is 1. The molecule has 0 aliphatic heterocycles. The summed E-state index contributed by atoms with van der Waals surface area (Å²) in [4.78, 5) is 47.3. The van der Waals surface area contributed by atoms with Crippen LogP contribution in [-0.2, 0) is 27.5 Å². The van der Waals surface area contributed by atoms with E-state index in [1.807, 2.05) is 32.0 Å². The molecule has 33 heavy (non-hydrogen) atoms. The van der Waals surface area contributed by atoms with Crippen LogP contribution in [0.2, 0.25) is 0 Å². The van der Waals surface area contributed by atoms with Gasteiger partial charge in [-0.2, -0.15) is 0 Å². The second kappa shape index (κ2) is 9.33. The van der Waals surface area contributed by atoms with E-state index in [9.17, 15) is 14.4 Å². The summed E-state index contributed by atoms with van der Waals surface area (Å²) in [5.74, 6) is -0.749. The van der Waals surface area contributed by atoms with E-state index < -0.39 is 5.97 Å². The minimum atomic E-state index is -0.582. The fourth-order valence-electron chi connectivity index (χ4n) is 3.31. The van der Waals surface area contributed by atoms with Crippen LogP contribution in [0.25, 0.3) is 10.9 Å². The zero-order valence-electron chi connectivity index (χ0n) is 18.4. The van der Waals surface area contributed by atoms with Gasteiger partial charge in [-0.05, 0) is 49.2 Å². The van der Waals surface area contributed by atoms with Gasteiger partial charge in [-0.25, -0.2) is 9.97 Å². The maximum absolute atomic E-state index is 12.5. The SMILES string of the molecule is CC(=O)N(c1ccc(C)c(C)c1)c1nc(COC(=O)Cn2cnc3ccccc3c2=O)cs1. The highest BCUT2D eigenvalue weighted by molar-refractivity contribution is 7.14. The lowest BCUT2D eigenvalue weighted by molar-refractivity contribution is -0.145. The van der Waals surface area contributed by atoms with Crippen molar-refractivity contribution < 1.29 is 14.3 Å². The number of aryl methyl sites for hydroxylation is 2. The molecule has 9 heteroatoms.